The van der Waals surface area contributed by atoms with Crippen LogP contribution >= 0.6 is 0 Å². The Labute approximate surface area is 67.9 Å². The molecule has 1 aliphatic carbocycles. The number of rotatable bonds is 0. The molecule has 0 aromatic carbocycles. The SMILES string of the molecule is C1=C\C=C/C=C\C=C/CC=C1. The van der Waals surface area contributed by atoms with Crippen LogP contribution in [-0.4, -0.2) is 0 Å². The zero-order chi connectivity index (χ0) is 7.78. The summed E-state index contributed by atoms with van der Waals surface area (Å²) >= 11 is 0. The standard InChI is InChI=1S/C11H12/c1-2-4-6-8-10-11-9-7-5-3-1/h1-10H,11H2/b2-1-,5-3-,6-4?,9-7-,10-8?. The molecule has 56 valence electrons. The summed E-state index contributed by atoms with van der Waals surface area (Å²) in [4.78, 5) is 0. The van der Waals surface area contributed by atoms with Gasteiger partial charge in [0.1, 0.15) is 0 Å². The third kappa shape index (κ3) is 4.15. The van der Waals surface area contributed by atoms with Crippen LogP contribution in [0.4, 0.5) is 0 Å². The maximum atomic E-state index is 2.12. The van der Waals surface area contributed by atoms with Gasteiger partial charge in [-0.05, 0) is 6.42 Å². The second-order valence-electron chi connectivity index (χ2n) is 2.25. The molecule has 0 nitrogen and oxygen atoms in total. The Hall–Kier alpha value is -1.30. The van der Waals surface area contributed by atoms with Crippen LogP contribution in [0.5, 0.6) is 0 Å². The Morgan fingerprint density at radius 2 is 0.818 bits per heavy atom. The van der Waals surface area contributed by atoms with E-state index in [2.05, 4.69) is 24.3 Å². The van der Waals surface area contributed by atoms with Crippen LogP contribution in [0.2, 0.25) is 0 Å². The number of allylic oxidation sites excluding steroid dienone is 10. The summed E-state index contributed by atoms with van der Waals surface area (Å²) in [6.45, 7) is 0. The lowest BCUT2D eigenvalue weighted by molar-refractivity contribution is 1.39. The van der Waals surface area contributed by atoms with Crippen LogP contribution in [0.3, 0.4) is 0 Å². The molecule has 0 aromatic rings. The fourth-order valence-electron chi connectivity index (χ4n) is 0.778. The minimum atomic E-state index is 1.01. The fraction of sp³-hybridized carbons (Fsp3) is 0.0909. The van der Waals surface area contributed by atoms with E-state index in [1.165, 1.54) is 0 Å². The molecule has 0 heterocycles. The summed E-state index contributed by atoms with van der Waals surface area (Å²) in [7, 11) is 0. The van der Waals surface area contributed by atoms with Crippen molar-refractivity contribution in [3.63, 3.8) is 0 Å². The minimum absolute atomic E-state index is 1.01. The van der Waals surface area contributed by atoms with E-state index < -0.39 is 0 Å². The average molecular weight is 144 g/mol. The van der Waals surface area contributed by atoms with Gasteiger partial charge in [-0.2, -0.15) is 0 Å². The lowest BCUT2D eigenvalue weighted by Crippen LogP contribution is -1.55. The summed E-state index contributed by atoms with van der Waals surface area (Å²) < 4.78 is 0. The van der Waals surface area contributed by atoms with Crippen molar-refractivity contribution >= 4 is 0 Å². The molecular weight excluding hydrogens is 132 g/mol. The van der Waals surface area contributed by atoms with Crippen molar-refractivity contribution in [1.29, 1.82) is 0 Å². The summed E-state index contributed by atoms with van der Waals surface area (Å²) in [6, 6.07) is 0. The van der Waals surface area contributed by atoms with Crippen molar-refractivity contribution in [2.45, 2.75) is 6.42 Å². The predicted octanol–water partition coefficient (Wildman–Crippen LogP) is 3.17. The van der Waals surface area contributed by atoms with Gasteiger partial charge in [-0.3, -0.25) is 0 Å². The van der Waals surface area contributed by atoms with E-state index in [4.69, 9.17) is 0 Å². The topological polar surface area (TPSA) is 0 Å². The fourth-order valence-corrected chi connectivity index (χ4v) is 0.778. The Morgan fingerprint density at radius 1 is 0.455 bits per heavy atom. The molecule has 0 atom stereocenters. The van der Waals surface area contributed by atoms with Crippen LogP contribution in [0.25, 0.3) is 0 Å². The van der Waals surface area contributed by atoms with Gasteiger partial charge in [0.2, 0.25) is 0 Å². The highest BCUT2D eigenvalue weighted by molar-refractivity contribution is 5.19. The summed E-state index contributed by atoms with van der Waals surface area (Å²) in [5, 5.41) is 0. The molecule has 11 heavy (non-hydrogen) atoms. The second-order valence-corrected chi connectivity index (χ2v) is 2.25. The molecule has 0 unspecified atom stereocenters. The van der Waals surface area contributed by atoms with Crippen LogP contribution in [0, 0.1) is 0 Å². The van der Waals surface area contributed by atoms with Gasteiger partial charge in [0.25, 0.3) is 0 Å². The first-order valence-corrected chi connectivity index (χ1v) is 3.82. The molecule has 0 aromatic heterocycles. The normalized spacial score (nSPS) is 25.5. The first-order chi connectivity index (χ1) is 5.50. The molecule has 0 saturated carbocycles. The second kappa shape index (κ2) is 5.48. The molecule has 0 heteroatoms. The van der Waals surface area contributed by atoms with Crippen molar-refractivity contribution < 1.29 is 0 Å². The van der Waals surface area contributed by atoms with E-state index in [1.807, 2.05) is 36.5 Å². The van der Waals surface area contributed by atoms with Crippen molar-refractivity contribution in [2.75, 3.05) is 0 Å². The van der Waals surface area contributed by atoms with Gasteiger partial charge in [0.05, 0.1) is 0 Å². The minimum Gasteiger partial charge on any atom is -0.0807 e. The van der Waals surface area contributed by atoms with Gasteiger partial charge in [-0.15, -0.1) is 0 Å². The molecule has 0 saturated heterocycles. The Balaban J connectivity index is 2.61. The van der Waals surface area contributed by atoms with Gasteiger partial charge < -0.3 is 0 Å². The van der Waals surface area contributed by atoms with Gasteiger partial charge >= 0.3 is 0 Å². The zero-order valence-electron chi connectivity index (χ0n) is 6.48. The third-order valence-corrected chi connectivity index (χ3v) is 1.32. The highest BCUT2D eigenvalue weighted by Crippen LogP contribution is 1.90. The van der Waals surface area contributed by atoms with Gasteiger partial charge in [0, 0.05) is 0 Å². The van der Waals surface area contributed by atoms with E-state index in [9.17, 15) is 0 Å². The van der Waals surface area contributed by atoms with Crippen molar-refractivity contribution in [3.05, 3.63) is 60.8 Å². The molecular formula is C11H12. The molecule has 0 amide bonds. The average Bonchev–Trinajstić information content (AvgIpc) is 2.08. The highest BCUT2D eigenvalue weighted by atomic mass is 13.8. The van der Waals surface area contributed by atoms with Gasteiger partial charge in [-0.1, -0.05) is 60.8 Å². The smallest absolute Gasteiger partial charge is 0.0163 e. The summed E-state index contributed by atoms with van der Waals surface area (Å²) in [5.41, 5.74) is 0. The van der Waals surface area contributed by atoms with Crippen LogP contribution < -0.4 is 0 Å². The molecule has 0 aliphatic heterocycles. The quantitative estimate of drug-likeness (QED) is 0.490. The van der Waals surface area contributed by atoms with Crippen molar-refractivity contribution in [2.24, 2.45) is 0 Å². The maximum absolute atomic E-state index is 2.12. The first-order valence-electron chi connectivity index (χ1n) is 3.82. The monoisotopic (exact) mass is 144 g/mol. The predicted molar refractivity (Wildman–Crippen MR) is 50.3 cm³/mol. The Kier molecular flexibility index (Phi) is 3.89. The van der Waals surface area contributed by atoms with E-state index >= 15 is 0 Å². The summed E-state index contributed by atoms with van der Waals surface area (Å²) in [6.07, 6.45) is 21.5. The highest BCUT2D eigenvalue weighted by Gasteiger charge is 1.69. The van der Waals surface area contributed by atoms with E-state index in [1.54, 1.807) is 0 Å². The van der Waals surface area contributed by atoms with Gasteiger partial charge in [0.15, 0.2) is 0 Å². The molecule has 1 aliphatic rings. The first kappa shape index (κ1) is 7.80. The number of hydrogen-bond acceptors (Lipinski definition) is 0. The van der Waals surface area contributed by atoms with Crippen molar-refractivity contribution in [1.82, 2.24) is 0 Å². The van der Waals surface area contributed by atoms with E-state index in [0.29, 0.717) is 0 Å². The maximum Gasteiger partial charge on any atom is -0.0163 e. The lowest BCUT2D eigenvalue weighted by atomic mass is 10.3. The number of hydrogen-bond donors (Lipinski definition) is 0. The van der Waals surface area contributed by atoms with Crippen LogP contribution in [0.15, 0.2) is 60.8 Å². The summed E-state index contributed by atoms with van der Waals surface area (Å²) in [5.74, 6) is 0. The van der Waals surface area contributed by atoms with Crippen LogP contribution in [0.1, 0.15) is 6.42 Å². The third-order valence-electron chi connectivity index (χ3n) is 1.32. The molecule has 0 N–H and O–H groups in total. The molecule has 0 bridgehead atoms. The Morgan fingerprint density at radius 3 is 1.27 bits per heavy atom. The Bertz CT molecular complexity index is 200. The molecule has 1 rings (SSSR count). The van der Waals surface area contributed by atoms with E-state index in [0.717, 1.165) is 6.42 Å². The van der Waals surface area contributed by atoms with Crippen molar-refractivity contribution in [3.8, 4) is 0 Å². The molecule has 0 spiro atoms. The van der Waals surface area contributed by atoms with E-state index in [-0.39, 0.29) is 0 Å². The lowest BCUT2D eigenvalue weighted by Gasteiger charge is -1.76. The van der Waals surface area contributed by atoms with Crippen LogP contribution in [-0.2, 0) is 0 Å². The largest absolute Gasteiger partial charge is 0.0807 e. The zero-order valence-corrected chi connectivity index (χ0v) is 6.48. The molecule has 0 fully saturated rings. The van der Waals surface area contributed by atoms with Gasteiger partial charge in [-0.25, -0.2) is 0 Å². The molecule has 0 radical (unpaired) electrons.